The third-order valence-corrected chi connectivity index (χ3v) is 7.63. The van der Waals surface area contributed by atoms with E-state index >= 15 is 0 Å². The zero-order chi connectivity index (χ0) is 28.4. The van der Waals surface area contributed by atoms with Gasteiger partial charge in [0.15, 0.2) is 0 Å². The van der Waals surface area contributed by atoms with Crippen molar-refractivity contribution in [2.45, 2.75) is 50.5 Å². The Labute approximate surface area is 234 Å². The van der Waals surface area contributed by atoms with Gasteiger partial charge in [0.25, 0.3) is 5.91 Å². The second-order valence-corrected chi connectivity index (χ2v) is 10.5. The molecule has 0 radical (unpaired) electrons. The Hall–Kier alpha value is -3.79. The van der Waals surface area contributed by atoms with Crippen molar-refractivity contribution in [3.8, 4) is 5.75 Å². The quantitative estimate of drug-likeness (QED) is 0.280. The van der Waals surface area contributed by atoms with E-state index in [4.69, 9.17) is 16.3 Å². The Balaban J connectivity index is 1.21. The van der Waals surface area contributed by atoms with E-state index in [0.29, 0.717) is 53.9 Å². The normalized spacial score (nSPS) is 17.6. The molecular formula is C29H29ClF3N5O2. The fraction of sp³-hybridized carbons (Fsp3) is 0.345. The van der Waals surface area contributed by atoms with Gasteiger partial charge in [-0.2, -0.15) is 18.3 Å². The van der Waals surface area contributed by atoms with Crippen LogP contribution in [0.2, 0.25) is 5.02 Å². The first-order valence-electron chi connectivity index (χ1n) is 13.0. The number of benzene rings is 2. The second kappa shape index (κ2) is 11.4. The van der Waals surface area contributed by atoms with Crippen molar-refractivity contribution in [1.82, 2.24) is 20.1 Å². The summed E-state index contributed by atoms with van der Waals surface area (Å²) in [6.45, 7) is 0.527. The number of carbonyl (C=O) groups excluding carboxylic acids is 1. The van der Waals surface area contributed by atoms with Gasteiger partial charge in [-0.25, -0.2) is 4.98 Å². The number of halogens is 4. The predicted molar refractivity (Wildman–Crippen MR) is 148 cm³/mol. The number of hydrogen-bond acceptors (Lipinski definition) is 5. The lowest BCUT2D eigenvalue weighted by Crippen LogP contribution is -2.43. The zero-order valence-corrected chi connectivity index (χ0v) is 22.8. The largest absolute Gasteiger partial charge is 0.497 e. The molecule has 1 amide bonds. The van der Waals surface area contributed by atoms with E-state index in [1.807, 2.05) is 29.2 Å². The van der Waals surface area contributed by atoms with Crippen molar-refractivity contribution in [3.63, 3.8) is 0 Å². The van der Waals surface area contributed by atoms with Gasteiger partial charge in [-0.15, -0.1) is 0 Å². The maximum absolute atomic E-state index is 13.6. The van der Waals surface area contributed by atoms with Gasteiger partial charge in [-0.3, -0.25) is 9.48 Å². The van der Waals surface area contributed by atoms with Crippen LogP contribution in [0.5, 0.6) is 5.75 Å². The molecule has 2 heterocycles. The first kappa shape index (κ1) is 27.8. The van der Waals surface area contributed by atoms with Crippen LogP contribution < -0.4 is 15.0 Å². The molecule has 1 N–H and O–H groups in total. The highest BCUT2D eigenvalue weighted by molar-refractivity contribution is 6.31. The van der Waals surface area contributed by atoms with Crippen molar-refractivity contribution >= 4 is 34.1 Å². The van der Waals surface area contributed by atoms with Crippen LogP contribution in [0.4, 0.5) is 18.9 Å². The van der Waals surface area contributed by atoms with Crippen molar-refractivity contribution in [2.75, 3.05) is 19.1 Å². The van der Waals surface area contributed by atoms with Gasteiger partial charge in [0.1, 0.15) is 11.4 Å². The van der Waals surface area contributed by atoms with Crippen LogP contribution in [0, 0.1) is 0 Å². The Morgan fingerprint density at radius 2 is 1.85 bits per heavy atom. The summed E-state index contributed by atoms with van der Waals surface area (Å²) in [7, 11) is 3.42. The molecule has 1 saturated carbocycles. The molecule has 0 saturated heterocycles. The van der Waals surface area contributed by atoms with Crippen LogP contribution in [-0.2, 0) is 12.7 Å². The summed E-state index contributed by atoms with van der Waals surface area (Å²) in [5.41, 5.74) is 1.27. The minimum absolute atomic E-state index is 0.00561. The van der Waals surface area contributed by atoms with Crippen molar-refractivity contribution < 1.29 is 22.7 Å². The molecule has 0 aliphatic heterocycles. The molecule has 5 rings (SSSR count). The highest BCUT2D eigenvalue weighted by atomic mass is 35.5. The number of ether oxygens (including phenoxy) is 1. The molecular weight excluding hydrogens is 543 g/mol. The summed E-state index contributed by atoms with van der Waals surface area (Å²) in [6, 6.07) is 13.4. The molecule has 0 unspecified atom stereocenters. The van der Waals surface area contributed by atoms with Gasteiger partial charge in [-0.1, -0.05) is 23.7 Å². The van der Waals surface area contributed by atoms with E-state index in [1.54, 1.807) is 37.3 Å². The summed E-state index contributed by atoms with van der Waals surface area (Å²) in [6.07, 6.45) is 1.54. The van der Waals surface area contributed by atoms with Crippen LogP contribution in [0.25, 0.3) is 10.9 Å². The average Bonchev–Trinajstić information content (AvgIpc) is 3.41. The van der Waals surface area contributed by atoms with Gasteiger partial charge in [-0.05, 0) is 67.6 Å². The predicted octanol–water partition coefficient (Wildman–Crippen LogP) is 6.34. The van der Waals surface area contributed by atoms with Crippen LogP contribution in [0.15, 0.2) is 60.9 Å². The molecule has 1 fully saturated rings. The highest BCUT2D eigenvalue weighted by Crippen LogP contribution is 2.37. The molecule has 210 valence electrons. The summed E-state index contributed by atoms with van der Waals surface area (Å²) in [5.74, 6) is 0.581. The number of methoxy groups -OCH3 is 1. The fourth-order valence-corrected chi connectivity index (χ4v) is 5.35. The number of pyridine rings is 1. The molecule has 1 aliphatic rings. The van der Waals surface area contributed by atoms with E-state index < -0.39 is 11.9 Å². The number of aromatic nitrogens is 3. The van der Waals surface area contributed by atoms with Crippen molar-refractivity contribution in [2.24, 2.45) is 0 Å². The van der Waals surface area contributed by atoms with Gasteiger partial charge >= 0.3 is 6.18 Å². The Morgan fingerprint density at radius 3 is 2.52 bits per heavy atom. The molecule has 2 aromatic carbocycles. The SMILES string of the molecule is COc1ccc(Cn2cc(C(=O)NC3CCC(N(C)c4cc(C(F)(F)F)nc5ccc(Cl)cc45)CC3)cn2)cc1. The number of nitrogens with zero attached hydrogens (tertiary/aromatic N) is 4. The standard InChI is InChI=1S/C29H29ClF3N5O2/c1-37(26-14-27(29(31,32)33)36-25-12-5-20(30)13-24(25)26)22-8-6-21(7-9-22)35-28(39)19-15-34-38(17-19)16-18-3-10-23(40-2)11-4-18/h3-5,10-15,17,21-22H,6-9,16H2,1-2H3,(H,35,39). The van der Waals surface area contributed by atoms with Crippen LogP contribution in [0.3, 0.4) is 0 Å². The minimum atomic E-state index is -4.56. The second-order valence-electron chi connectivity index (χ2n) is 10.1. The first-order chi connectivity index (χ1) is 19.1. The highest BCUT2D eigenvalue weighted by Gasteiger charge is 2.35. The molecule has 2 aromatic heterocycles. The first-order valence-corrected chi connectivity index (χ1v) is 13.3. The lowest BCUT2D eigenvalue weighted by molar-refractivity contribution is -0.140. The van der Waals surface area contributed by atoms with E-state index in [9.17, 15) is 18.0 Å². The Kier molecular flexibility index (Phi) is 7.89. The Morgan fingerprint density at radius 1 is 1.12 bits per heavy atom. The number of nitrogens with one attached hydrogen (secondary N) is 1. The van der Waals surface area contributed by atoms with Gasteiger partial charge < -0.3 is 15.0 Å². The van der Waals surface area contributed by atoms with Crippen molar-refractivity contribution in [3.05, 3.63) is 82.8 Å². The number of fused-ring (bicyclic) bond motifs is 1. The maximum atomic E-state index is 13.6. The summed E-state index contributed by atoms with van der Waals surface area (Å²) in [5, 5.41) is 8.41. The monoisotopic (exact) mass is 571 g/mol. The lowest BCUT2D eigenvalue weighted by atomic mass is 9.89. The van der Waals surface area contributed by atoms with E-state index in [2.05, 4.69) is 15.4 Å². The number of rotatable bonds is 7. The number of amides is 1. The van der Waals surface area contributed by atoms with Gasteiger partial charge in [0.05, 0.1) is 30.9 Å². The summed E-state index contributed by atoms with van der Waals surface area (Å²) in [4.78, 5) is 18.6. The molecule has 0 atom stereocenters. The number of carbonyl (C=O) groups is 1. The van der Waals surface area contributed by atoms with Gasteiger partial charge in [0.2, 0.25) is 0 Å². The van der Waals surface area contributed by atoms with E-state index in [1.165, 1.54) is 12.1 Å². The lowest BCUT2D eigenvalue weighted by Gasteiger charge is -2.37. The molecule has 0 spiro atoms. The number of anilines is 1. The average molecular weight is 572 g/mol. The molecule has 7 nitrogen and oxygen atoms in total. The molecule has 11 heteroatoms. The number of alkyl halides is 3. The zero-order valence-electron chi connectivity index (χ0n) is 22.1. The topological polar surface area (TPSA) is 72.3 Å². The maximum Gasteiger partial charge on any atom is 0.433 e. The number of hydrogen-bond donors (Lipinski definition) is 1. The van der Waals surface area contributed by atoms with Crippen LogP contribution in [0.1, 0.15) is 47.3 Å². The summed E-state index contributed by atoms with van der Waals surface area (Å²) >= 11 is 6.16. The summed E-state index contributed by atoms with van der Waals surface area (Å²) < 4.78 is 47.6. The molecule has 4 aromatic rings. The van der Waals surface area contributed by atoms with Crippen molar-refractivity contribution in [1.29, 1.82) is 0 Å². The Bertz CT molecular complexity index is 1500. The smallest absolute Gasteiger partial charge is 0.433 e. The third-order valence-electron chi connectivity index (χ3n) is 7.40. The molecule has 1 aliphatic carbocycles. The molecule has 40 heavy (non-hydrogen) atoms. The minimum Gasteiger partial charge on any atom is -0.497 e. The van der Waals surface area contributed by atoms with E-state index in [0.717, 1.165) is 17.4 Å². The van der Waals surface area contributed by atoms with Crippen LogP contribution in [-0.4, -0.2) is 46.9 Å². The van der Waals surface area contributed by atoms with Gasteiger partial charge in [0, 0.05) is 41.4 Å². The molecule has 0 bridgehead atoms. The van der Waals surface area contributed by atoms with E-state index in [-0.39, 0.29) is 23.5 Å². The third kappa shape index (κ3) is 6.17. The van der Waals surface area contributed by atoms with Crippen LogP contribution >= 0.6 is 11.6 Å². The fourth-order valence-electron chi connectivity index (χ4n) is 5.18.